The Bertz CT molecular complexity index is 1730. The molecule has 0 aromatic carbocycles. The van der Waals surface area contributed by atoms with Crippen molar-refractivity contribution in [3.8, 4) is 31.2 Å². The van der Waals surface area contributed by atoms with E-state index < -0.39 is 12.1 Å². The van der Waals surface area contributed by atoms with Crippen molar-refractivity contribution in [1.82, 2.24) is 45.0 Å². The van der Waals surface area contributed by atoms with Crippen LogP contribution in [-0.2, 0) is 23.8 Å². The van der Waals surface area contributed by atoms with Crippen LogP contribution in [0.25, 0.3) is 31.2 Å². The van der Waals surface area contributed by atoms with E-state index in [9.17, 15) is 14.4 Å². The molecule has 3 atom stereocenters. The SMILES string of the molecule is COCC[CH]C(=O)N1CCC[C@H]1c1nc(-c2ncc(-c3cnc(-c4c[nH]c([C@@H]5CCCN5C(=O)[C@H](CCOC)NC(=O)OC)n4)s3)s2)c[nH]1. The zero-order valence-electron chi connectivity index (χ0n) is 27.6. The van der Waals surface area contributed by atoms with Crippen molar-refractivity contribution in [1.29, 1.82) is 0 Å². The Kier molecular flexibility index (Phi) is 11.3. The summed E-state index contributed by atoms with van der Waals surface area (Å²) in [6.07, 6.45) is 12.6. The molecule has 3 N–H and O–H groups in total. The van der Waals surface area contributed by atoms with E-state index in [1.165, 1.54) is 29.8 Å². The number of nitrogens with zero attached hydrogens (tertiary/aromatic N) is 6. The second kappa shape index (κ2) is 16.0. The number of carbonyl (C=O) groups is 3. The molecule has 2 aliphatic rings. The molecule has 15 nitrogen and oxygen atoms in total. The highest BCUT2D eigenvalue weighted by Crippen LogP contribution is 2.39. The van der Waals surface area contributed by atoms with Crippen LogP contribution in [0.15, 0.2) is 24.8 Å². The van der Waals surface area contributed by atoms with Crippen LogP contribution in [0, 0.1) is 6.42 Å². The van der Waals surface area contributed by atoms with Crippen molar-refractivity contribution in [3.63, 3.8) is 0 Å². The third-order valence-corrected chi connectivity index (χ3v) is 10.9. The van der Waals surface area contributed by atoms with Gasteiger partial charge in [-0.15, -0.1) is 22.7 Å². The van der Waals surface area contributed by atoms with Crippen LogP contribution in [0.4, 0.5) is 4.79 Å². The summed E-state index contributed by atoms with van der Waals surface area (Å²) in [5.74, 6) is 1.24. The van der Waals surface area contributed by atoms with Gasteiger partial charge in [-0.3, -0.25) is 9.59 Å². The molecule has 4 aromatic rings. The number of amides is 3. The topological polar surface area (TPSA) is 181 Å². The fourth-order valence-electron chi connectivity index (χ4n) is 6.19. The molecular weight excluding hydrogens is 671 g/mol. The maximum atomic E-state index is 13.5. The first-order valence-corrected chi connectivity index (χ1v) is 17.8. The van der Waals surface area contributed by atoms with Crippen LogP contribution in [0.1, 0.15) is 62.3 Å². The molecule has 261 valence electrons. The van der Waals surface area contributed by atoms with Crippen LogP contribution < -0.4 is 5.32 Å². The highest BCUT2D eigenvalue weighted by Gasteiger charge is 2.36. The minimum Gasteiger partial charge on any atom is -0.453 e. The summed E-state index contributed by atoms with van der Waals surface area (Å²) in [6.45, 7) is 2.10. The molecule has 6 rings (SSSR count). The van der Waals surface area contributed by atoms with Crippen molar-refractivity contribution >= 4 is 40.6 Å². The predicted octanol–water partition coefficient (Wildman–Crippen LogP) is 4.38. The molecule has 1 radical (unpaired) electrons. The number of aromatic nitrogens is 6. The summed E-state index contributed by atoms with van der Waals surface area (Å²) in [6, 6.07) is -1.11. The Morgan fingerprint density at radius 1 is 0.898 bits per heavy atom. The number of hydrogen-bond donors (Lipinski definition) is 3. The molecule has 3 amide bonds. The highest BCUT2D eigenvalue weighted by atomic mass is 32.1. The van der Waals surface area contributed by atoms with E-state index >= 15 is 0 Å². The average Bonchev–Trinajstić information content (AvgIpc) is 3.94. The van der Waals surface area contributed by atoms with Gasteiger partial charge in [0.05, 0.1) is 35.4 Å². The lowest BCUT2D eigenvalue weighted by atomic mass is 10.1. The number of likely N-dealkylation sites (tertiary alicyclic amines) is 2. The third kappa shape index (κ3) is 7.84. The minimum absolute atomic E-state index is 0.00708. The minimum atomic E-state index is -0.766. The first kappa shape index (κ1) is 34.7. The number of hydrogen-bond acceptors (Lipinski definition) is 12. The molecule has 2 fully saturated rings. The first-order valence-electron chi connectivity index (χ1n) is 16.2. The maximum absolute atomic E-state index is 13.5. The fraction of sp³-hybridized carbons (Fsp3) is 0.500. The van der Waals surface area contributed by atoms with Gasteiger partial charge in [0, 0.05) is 71.7 Å². The lowest BCUT2D eigenvalue weighted by Crippen LogP contribution is -2.49. The molecule has 0 saturated carbocycles. The molecule has 0 bridgehead atoms. The molecule has 2 aliphatic heterocycles. The van der Waals surface area contributed by atoms with E-state index in [1.807, 2.05) is 29.7 Å². The Morgan fingerprint density at radius 3 is 2.04 bits per heavy atom. The fourth-order valence-corrected chi connectivity index (χ4v) is 8.00. The third-order valence-electron chi connectivity index (χ3n) is 8.62. The zero-order chi connectivity index (χ0) is 34.3. The van der Waals surface area contributed by atoms with E-state index in [4.69, 9.17) is 24.2 Å². The number of ether oxygens (including phenoxy) is 3. The van der Waals surface area contributed by atoms with Gasteiger partial charge in [-0.25, -0.2) is 24.7 Å². The lowest BCUT2D eigenvalue weighted by Gasteiger charge is -2.28. The molecule has 4 aromatic heterocycles. The van der Waals surface area contributed by atoms with Gasteiger partial charge in [-0.05, 0) is 32.1 Å². The van der Waals surface area contributed by atoms with Gasteiger partial charge in [0.2, 0.25) is 11.8 Å². The van der Waals surface area contributed by atoms with E-state index in [-0.39, 0.29) is 23.9 Å². The van der Waals surface area contributed by atoms with E-state index in [0.717, 1.165) is 57.0 Å². The molecule has 49 heavy (non-hydrogen) atoms. The normalized spacial score (nSPS) is 18.3. The standard InChI is InChI=1S/C32H40N9O6S2/c1-45-13-6-9-26(42)40-11-4-7-22(40)27-33-15-20(37-27)29-35-17-24(48-29)25-18-36-30(49-25)21-16-34-28(38-21)23-8-5-12-41(23)31(43)19(10-14-46-2)39-32(44)47-3/h9,15-19,22-23H,4-8,10-14H2,1-3H3,(H,33,37)(H,34,38)(H,39,44)/t19-,22-,23-/m0/s1. The molecule has 2 saturated heterocycles. The number of imidazole rings is 2. The number of nitrogens with one attached hydrogen (secondary N) is 3. The van der Waals surface area contributed by atoms with Crippen molar-refractivity contribution in [2.45, 2.75) is 56.7 Å². The first-order chi connectivity index (χ1) is 23.9. The Hall–Kier alpha value is -4.19. The Labute approximate surface area is 291 Å². The summed E-state index contributed by atoms with van der Waals surface area (Å²) < 4.78 is 15.0. The lowest BCUT2D eigenvalue weighted by molar-refractivity contribution is -0.135. The Morgan fingerprint density at radius 2 is 1.47 bits per heavy atom. The van der Waals surface area contributed by atoms with Crippen molar-refractivity contribution in [2.24, 2.45) is 0 Å². The summed E-state index contributed by atoms with van der Waals surface area (Å²) in [4.78, 5) is 69.2. The van der Waals surface area contributed by atoms with Crippen molar-refractivity contribution in [2.75, 3.05) is 47.6 Å². The van der Waals surface area contributed by atoms with E-state index in [2.05, 4.69) is 25.3 Å². The van der Waals surface area contributed by atoms with Gasteiger partial charge in [0.25, 0.3) is 0 Å². The van der Waals surface area contributed by atoms with Gasteiger partial charge >= 0.3 is 6.09 Å². The largest absolute Gasteiger partial charge is 0.453 e. The average molecular weight is 711 g/mol. The second-order valence-electron chi connectivity index (χ2n) is 11.7. The van der Waals surface area contributed by atoms with Crippen LogP contribution >= 0.6 is 22.7 Å². The molecular formula is C32H40N9O6S2. The summed E-state index contributed by atoms with van der Waals surface area (Å²) in [5.41, 5.74) is 1.42. The van der Waals surface area contributed by atoms with Crippen LogP contribution in [0.5, 0.6) is 0 Å². The molecule has 0 unspecified atom stereocenters. The molecule has 17 heteroatoms. The van der Waals surface area contributed by atoms with Gasteiger partial charge in [-0.2, -0.15) is 0 Å². The number of rotatable bonds is 14. The van der Waals surface area contributed by atoms with E-state index in [0.29, 0.717) is 50.7 Å². The van der Waals surface area contributed by atoms with Gasteiger partial charge in [0.15, 0.2) is 0 Å². The van der Waals surface area contributed by atoms with Crippen molar-refractivity contribution in [3.05, 3.63) is 42.9 Å². The van der Waals surface area contributed by atoms with Crippen LogP contribution in [0.3, 0.4) is 0 Å². The Balaban J connectivity index is 1.11. The van der Waals surface area contributed by atoms with Gasteiger partial charge in [0.1, 0.15) is 39.1 Å². The van der Waals surface area contributed by atoms with E-state index in [1.54, 1.807) is 25.5 Å². The van der Waals surface area contributed by atoms with Crippen LogP contribution in [-0.4, -0.2) is 111 Å². The second-order valence-corrected chi connectivity index (χ2v) is 13.8. The van der Waals surface area contributed by atoms with Gasteiger partial charge < -0.3 is 39.3 Å². The number of alkyl carbamates (subject to hydrolysis) is 1. The quantitative estimate of drug-likeness (QED) is 0.159. The monoisotopic (exact) mass is 710 g/mol. The summed E-state index contributed by atoms with van der Waals surface area (Å²) >= 11 is 3.03. The smallest absolute Gasteiger partial charge is 0.407 e. The summed E-state index contributed by atoms with van der Waals surface area (Å²) in [7, 11) is 4.45. The van der Waals surface area contributed by atoms with Crippen molar-refractivity contribution < 1.29 is 28.6 Å². The molecule has 6 heterocycles. The number of thiazole rings is 2. The number of methoxy groups -OCH3 is 3. The zero-order valence-corrected chi connectivity index (χ0v) is 29.3. The maximum Gasteiger partial charge on any atom is 0.407 e. The molecule has 0 aliphatic carbocycles. The summed E-state index contributed by atoms with van der Waals surface area (Å²) in [5, 5.41) is 4.15. The predicted molar refractivity (Wildman–Crippen MR) is 182 cm³/mol. The number of H-pyrrole nitrogens is 2. The number of aromatic amines is 2. The highest BCUT2D eigenvalue weighted by molar-refractivity contribution is 7.24. The number of carbonyl (C=O) groups excluding carboxylic acids is 3. The van der Waals surface area contributed by atoms with Crippen LogP contribution in [0.2, 0.25) is 0 Å². The molecule has 0 spiro atoms. The van der Waals surface area contributed by atoms with Gasteiger partial charge in [-0.1, -0.05) is 0 Å².